The molecule has 26 heavy (non-hydrogen) atoms. The summed E-state index contributed by atoms with van der Waals surface area (Å²) >= 11 is 3.42. The van der Waals surface area contributed by atoms with E-state index in [1.165, 1.54) is 4.90 Å². The van der Waals surface area contributed by atoms with E-state index in [0.29, 0.717) is 0 Å². The molecular formula is C20H20N4S2. The third kappa shape index (κ3) is 3.34. The quantitative estimate of drug-likeness (QED) is 0.467. The van der Waals surface area contributed by atoms with Crippen LogP contribution in [0.2, 0.25) is 0 Å². The van der Waals surface area contributed by atoms with Gasteiger partial charge in [-0.2, -0.15) is 0 Å². The number of thiazole rings is 1. The normalized spacial score (nSPS) is 11.2. The minimum absolute atomic E-state index is 0.898. The highest BCUT2D eigenvalue weighted by molar-refractivity contribution is 7.99. The molecule has 0 aliphatic carbocycles. The summed E-state index contributed by atoms with van der Waals surface area (Å²) in [6.07, 6.45) is 3.93. The fourth-order valence-corrected chi connectivity index (χ4v) is 4.71. The van der Waals surface area contributed by atoms with Gasteiger partial charge < -0.3 is 9.88 Å². The molecule has 4 rings (SSSR count). The number of nitrogens with one attached hydrogen (secondary N) is 1. The van der Waals surface area contributed by atoms with E-state index in [1.807, 2.05) is 18.5 Å². The maximum atomic E-state index is 4.85. The van der Waals surface area contributed by atoms with Gasteiger partial charge in [0.1, 0.15) is 5.65 Å². The fraction of sp³-hybridized carbons (Fsp3) is 0.200. The summed E-state index contributed by atoms with van der Waals surface area (Å²) in [5.41, 5.74) is 3.01. The summed E-state index contributed by atoms with van der Waals surface area (Å²) < 4.78 is 0. The Bertz CT molecular complexity index is 1000. The molecule has 4 nitrogen and oxygen atoms in total. The lowest BCUT2D eigenvalue weighted by Crippen LogP contribution is -2.21. The van der Waals surface area contributed by atoms with Crippen molar-refractivity contribution < 1.29 is 0 Å². The zero-order valence-corrected chi connectivity index (χ0v) is 16.4. The average Bonchev–Trinajstić information content (AvgIpc) is 3.30. The van der Waals surface area contributed by atoms with Gasteiger partial charge in [0.15, 0.2) is 5.13 Å². The number of pyridine rings is 1. The van der Waals surface area contributed by atoms with Crippen molar-refractivity contribution in [3.8, 4) is 11.3 Å². The van der Waals surface area contributed by atoms with Gasteiger partial charge in [-0.05, 0) is 32.0 Å². The number of rotatable bonds is 6. The molecule has 0 atom stereocenters. The van der Waals surface area contributed by atoms with Crippen molar-refractivity contribution in [2.24, 2.45) is 0 Å². The Morgan fingerprint density at radius 2 is 1.92 bits per heavy atom. The molecule has 0 unspecified atom stereocenters. The predicted octanol–water partition coefficient (Wildman–Crippen LogP) is 5.68. The van der Waals surface area contributed by atoms with Crippen molar-refractivity contribution in [3.05, 3.63) is 54.2 Å². The zero-order chi connectivity index (χ0) is 17.9. The van der Waals surface area contributed by atoms with Gasteiger partial charge in [-0.3, -0.25) is 0 Å². The van der Waals surface area contributed by atoms with Crippen LogP contribution in [0.25, 0.3) is 22.3 Å². The summed E-state index contributed by atoms with van der Waals surface area (Å²) in [5.74, 6) is 0. The van der Waals surface area contributed by atoms with Crippen molar-refractivity contribution in [3.63, 3.8) is 0 Å². The third-order valence-corrected chi connectivity index (χ3v) is 6.16. The molecule has 0 aliphatic heterocycles. The Labute approximate surface area is 161 Å². The Hall–Kier alpha value is -2.31. The first-order valence-corrected chi connectivity index (χ1v) is 10.4. The van der Waals surface area contributed by atoms with Crippen molar-refractivity contribution in [2.75, 3.05) is 18.0 Å². The molecule has 1 N–H and O–H groups in total. The Morgan fingerprint density at radius 1 is 1.12 bits per heavy atom. The van der Waals surface area contributed by atoms with Gasteiger partial charge in [0.05, 0.1) is 5.69 Å². The Balaban J connectivity index is 1.69. The number of benzene rings is 1. The first-order chi connectivity index (χ1) is 12.8. The van der Waals surface area contributed by atoms with Crippen molar-refractivity contribution in [1.82, 2.24) is 15.0 Å². The fourth-order valence-electron chi connectivity index (χ4n) is 2.90. The van der Waals surface area contributed by atoms with E-state index in [9.17, 15) is 0 Å². The van der Waals surface area contributed by atoms with Gasteiger partial charge in [-0.1, -0.05) is 30.0 Å². The predicted molar refractivity (Wildman–Crippen MR) is 111 cm³/mol. The van der Waals surface area contributed by atoms with Gasteiger partial charge in [-0.15, -0.1) is 11.3 Å². The van der Waals surface area contributed by atoms with E-state index in [2.05, 4.69) is 64.4 Å². The highest BCUT2D eigenvalue weighted by Crippen LogP contribution is 2.35. The van der Waals surface area contributed by atoms with Crippen LogP contribution < -0.4 is 4.90 Å². The number of nitrogens with zero attached hydrogens (tertiary/aromatic N) is 3. The van der Waals surface area contributed by atoms with Crippen LogP contribution in [0.15, 0.2) is 64.0 Å². The molecule has 4 aromatic rings. The van der Waals surface area contributed by atoms with Crippen LogP contribution in [0.3, 0.4) is 0 Å². The lowest BCUT2D eigenvalue weighted by Gasteiger charge is -2.16. The van der Waals surface area contributed by atoms with Gasteiger partial charge in [-0.25, -0.2) is 9.97 Å². The molecule has 0 aliphatic rings. The maximum Gasteiger partial charge on any atom is 0.185 e. The number of hydrogen-bond donors (Lipinski definition) is 1. The topological polar surface area (TPSA) is 44.8 Å². The molecule has 0 radical (unpaired) electrons. The van der Waals surface area contributed by atoms with Crippen LogP contribution in [-0.2, 0) is 0 Å². The number of fused-ring (bicyclic) bond motifs is 1. The van der Waals surface area contributed by atoms with Crippen molar-refractivity contribution in [1.29, 1.82) is 0 Å². The maximum absolute atomic E-state index is 4.85. The number of anilines is 1. The summed E-state index contributed by atoms with van der Waals surface area (Å²) in [4.78, 5) is 17.3. The van der Waals surface area contributed by atoms with Crippen molar-refractivity contribution >= 4 is 39.3 Å². The molecule has 0 bridgehead atoms. The molecule has 3 heterocycles. The standard InChI is InChI=1S/C20H20N4S2/c1-3-24(4-2)20-23-18(13-25-20)17-12-22-19-16(17)10-15(11-21-19)26-14-8-6-5-7-9-14/h5-13H,3-4H2,1-2H3,(H,21,22). The molecule has 0 fully saturated rings. The van der Waals surface area contributed by atoms with Crippen LogP contribution in [0.5, 0.6) is 0 Å². The van der Waals surface area contributed by atoms with Crippen LogP contribution in [-0.4, -0.2) is 28.0 Å². The Kier molecular flexibility index (Phi) is 4.95. The monoisotopic (exact) mass is 380 g/mol. The molecule has 6 heteroatoms. The number of hydrogen-bond acceptors (Lipinski definition) is 5. The highest BCUT2D eigenvalue weighted by atomic mass is 32.2. The summed E-state index contributed by atoms with van der Waals surface area (Å²) in [5, 5.41) is 4.32. The van der Waals surface area contributed by atoms with Crippen molar-refractivity contribution in [2.45, 2.75) is 23.6 Å². The Morgan fingerprint density at radius 3 is 2.69 bits per heavy atom. The molecular weight excluding hydrogens is 360 g/mol. The molecule has 3 aromatic heterocycles. The SMILES string of the molecule is CCN(CC)c1nc(-c2c[nH]c3ncc(Sc4ccccc4)cc23)cs1. The molecule has 1 aromatic carbocycles. The van der Waals surface area contributed by atoms with Crippen LogP contribution in [0, 0.1) is 0 Å². The van der Waals surface area contributed by atoms with E-state index in [1.54, 1.807) is 23.1 Å². The summed E-state index contributed by atoms with van der Waals surface area (Å²) in [6.45, 7) is 6.26. The lowest BCUT2D eigenvalue weighted by molar-refractivity contribution is 0.860. The molecule has 0 amide bonds. The minimum Gasteiger partial charge on any atom is -0.349 e. The highest BCUT2D eigenvalue weighted by Gasteiger charge is 2.14. The minimum atomic E-state index is 0.898. The van der Waals surface area contributed by atoms with E-state index >= 15 is 0 Å². The zero-order valence-electron chi connectivity index (χ0n) is 14.8. The lowest BCUT2D eigenvalue weighted by atomic mass is 10.2. The second-order valence-electron chi connectivity index (χ2n) is 5.87. The van der Waals surface area contributed by atoms with Crippen LogP contribution in [0.1, 0.15) is 13.8 Å². The van der Waals surface area contributed by atoms with Gasteiger partial charge >= 0.3 is 0 Å². The molecule has 0 spiro atoms. The van der Waals surface area contributed by atoms with E-state index in [-0.39, 0.29) is 0 Å². The van der Waals surface area contributed by atoms with E-state index < -0.39 is 0 Å². The first kappa shape index (κ1) is 17.1. The second-order valence-corrected chi connectivity index (χ2v) is 7.86. The smallest absolute Gasteiger partial charge is 0.185 e. The van der Waals surface area contributed by atoms with Crippen LogP contribution >= 0.6 is 23.1 Å². The summed E-state index contributed by atoms with van der Waals surface area (Å²) in [7, 11) is 0. The molecule has 0 saturated carbocycles. The summed E-state index contributed by atoms with van der Waals surface area (Å²) in [6, 6.07) is 12.6. The van der Waals surface area contributed by atoms with Gasteiger partial charge in [0, 0.05) is 51.6 Å². The average molecular weight is 381 g/mol. The number of aromatic amines is 1. The van der Waals surface area contributed by atoms with Crippen LogP contribution in [0.4, 0.5) is 5.13 Å². The number of aromatic nitrogens is 3. The third-order valence-electron chi connectivity index (χ3n) is 4.29. The number of H-pyrrole nitrogens is 1. The largest absolute Gasteiger partial charge is 0.349 e. The molecule has 132 valence electrons. The van der Waals surface area contributed by atoms with E-state index in [0.717, 1.165) is 45.4 Å². The van der Waals surface area contributed by atoms with E-state index in [4.69, 9.17) is 4.98 Å². The van der Waals surface area contributed by atoms with Gasteiger partial charge in [0.2, 0.25) is 0 Å². The first-order valence-electron chi connectivity index (χ1n) is 8.69. The van der Waals surface area contributed by atoms with Gasteiger partial charge in [0.25, 0.3) is 0 Å². The molecule has 0 saturated heterocycles. The second kappa shape index (κ2) is 7.51.